The van der Waals surface area contributed by atoms with Gasteiger partial charge in [-0.15, -0.1) is 0 Å². The van der Waals surface area contributed by atoms with Crippen LogP contribution in [0.4, 0.5) is 0 Å². The number of nitrogens with one attached hydrogen (secondary N) is 1. The van der Waals surface area contributed by atoms with Crippen molar-refractivity contribution in [1.82, 2.24) is 4.31 Å². The van der Waals surface area contributed by atoms with Crippen LogP contribution in [-0.2, 0) is 10.0 Å². The van der Waals surface area contributed by atoms with Gasteiger partial charge in [-0.2, -0.15) is 4.31 Å². The maximum atomic E-state index is 12.8. The summed E-state index contributed by atoms with van der Waals surface area (Å²) in [5.74, 6) is 0.728. The second-order valence-electron chi connectivity index (χ2n) is 5.59. The van der Waals surface area contributed by atoms with Crippen LogP contribution in [0.2, 0.25) is 0 Å². The van der Waals surface area contributed by atoms with Crippen LogP contribution in [0.3, 0.4) is 0 Å². The van der Waals surface area contributed by atoms with Gasteiger partial charge in [0.05, 0.1) is 44.7 Å². The minimum Gasteiger partial charge on any atom is -0.496 e. The minimum absolute atomic E-state index is 0.403. The van der Waals surface area contributed by atoms with Crippen molar-refractivity contribution in [2.24, 2.45) is 0 Å². The molecule has 0 spiro atoms. The fourth-order valence-electron chi connectivity index (χ4n) is 2.80. The van der Waals surface area contributed by atoms with Gasteiger partial charge in [-0.1, -0.05) is 0 Å². The van der Waals surface area contributed by atoms with Crippen molar-refractivity contribution >= 4 is 10.0 Å². The monoisotopic (exact) mass is 313 g/mol. The Hall–Kier alpha value is -1.11. The van der Waals surface area contributed by atoms with Crippen LogP contribution in [0.5, 0.6) is 5.75 Å². The Morgan fingerprint density at radius 2 is 1.81 bits per heavy atom. The average Bonchev–Trinajstić information content (AvgIpc) is 2.49. The summed E-state index contributed by atoms with van der Waals surface area (Å²) in [5, 5.41) is 0. The molecular weight excluding hydrogens is 288 g/mol. The third kappa shape index (κ3) is 3.22. The van der Waals surface area contributed by atoms with Gasteiger partial charge < -0.3 is 9.64 Å². The number of hydrogen-bond acceptors (Lipinski definition) is 3. The molecule has 0 atom stereocenters. The smallest absolute Gasteiger partial charge is 0.243 e. The summed E-state index contributed by atoms with van der Waals surface area (Å²) in [6.07, 6.45) is 0. The average molecular weight is 313 g/mol. The van der Waals surface area contributed by atoms with Gasteiger partial charge in [-0.25, -0.2) is 8.42 Å². The molecule has 1 heterocycles. The number of piperazine rings is 1. The molecule has 1 saturated heterocycles. The van der Waals surface area contributed by atoms with Gasteiger partial charge in [0.1, 0.15) is 5.75 Å². The zero-order chi connectivity index (χ0) is 15.6. The number of likely N-dealkylation sites (N-methyl/N-ethyl adjacent to an activating group) is 1. The lowest BCUT2D eigenvalue weighted by atomic mass is 10.1. The molecule has 0 bridgehead atoms. The minimum atomic E-state index is -3.41. The van der Waals surface area contributed by atoms with E-state index < -0.39 is 10.0 Å². The van der Waals surface area contributed by atoms with Crippen LogP contribution in [0, 0.1) is 13.8 Å². The van der Waals surface area contributed by atoms with Gasteiger partial charge in [0, 0.05) is 0 Å². The summed E-state index contributed by atoms with van der Waals surface area (Å²) >= 11 is 0. The Morgan fingerprint density at radius 1 is 1.19 bits per heavy atom. The van der Waals surface area contributed by atoms with Crippen LogP contribution in [0.25, 0.3) is 0 Å². The summed E-state index contributed by atoms with van der Waals surface area (Å²) in [6, 6.07) is 3.53. The molecule has 0 saturated carbocycles. The highest BCUT2D eigenvalue weighted by Crippen LogP contribution is 2.27. The van der Waals surface area contributed by atoms with Crippen LogP contribution < -0.4 is 9.64 Å². The number of methoxy groups -OCH3 is 1. The normalized spacial score (nSPS) is 17.9. The molecule has 118 valence electrons. The number of hydrogen-bond donors (Lipinski definition) is 1. The second-order valence-corrected chi connectivity index (χ2v) is 7.50. The maximum absolute atomic E-state index is 12.8. The fraction of sp³-hybridized carbons (Fsp3) is 0.600. The molecule has 1 N–H and O–H groups in total. The van der Waals surface area contributed by atoms with E-state index >= 15 is 0 Å². The van der Waals surface area contributed by atoms with E-state index in [1.165, 1.54) is 4.90 Å². The van der Waals surface area contributed by atoms with E-state index in [1.54, 1.807) is 23.5 Å². The lowest BCUT2D eigenvalue weighted by Gasteiger charge is -2.31. The molecule has 21 heavy (non-hydrogen) atoms. The van der Waals surface area contributed by atoms with E-state index in [9.17, 15) is 8.42 Å². The predicted octanol–water partition coefficient (Wildman–Crippen LogP) is 0.221. The molecule has 1 aromatic carbocycles. The van der Waals surface area contributed by atoms with Crippen molar-refractivity contribution < 1.29 is 18.1 Å². The molecule has 1 aliphatic rings. The number of ether oxygens (including phenoxy) is 1. The molecule has 5 nitrogen and oxygen atoms in total. The van der Waals surface area contributed by atoms with Crippen molar-refractivity contribution in [1.29, 1.82) is 0 Å². The first-order valence-electron chi connectivity index (χ1n) is 7.39. The lowest BCUT2D eigenvalue weighted by molar-refractivity contribution is -0.901. The summed E-state index contributed by atoms with van der Waals surface area (Å²) in [7, 11) is -1.81. The third-order valence-corrected chi connectivity index (χ3v) is 6.28. The Balaban J connectivity index is 2.30. The van der Waals surface area contributed by atoms with Gasteiger partial charge in [0.15, 0.2) is 0 Å². The molecule has 1 aromatic rings. The molecule has 0 aromatic heterocycles. The molecule has 1 aliphatic heterocycles. The summed E-state index contributed by atoms with van der Waals surface area (Å²) in [5.41, 5.74) is 1.59. The second kappa shape index (κ2) is 6.34. The van der Waals surface area contributed by atoms with Crippen LogP contribution in [-0.4, -0.2) is 52.6 Å². The first kappa shape index (κ1) is 16.3. The van der Waals surface area contributed by atoms with Crippen molar-refractivity contribution in [2.75, 3.05) is 39.8 Å². The van der Waals surface area contributed by atoms with Crippen molar-refractivity contribution in [3.8, 4) is 5.75 Å². The molecule has 0 aliphatic carbocycles. The maximum Gasteiger partial charge on any atom is 0.243 e. The van der Waals surface area contributed by atoms with E-state index in [0.29, 0.717) is 18.0 Å². The van der Waals surface area contributed by atoms with Gasteiger partial charge in [-0.3, -0.25) is 0 Å². The molecule has 1 fully saturated rings. The topological polar surface area (TPSA) is 51.0 Å². The summed E-state index contributed by atoms with van der Waals surface area (Å²) in [4.78, 5) is 1.87. The highest BCUT2D eigenvalue weighted by molar-refractivity contribution is 7.89. The standard InChI is InChI=1S/C15H24N2O3S/c1-5-16-6-8-17(9-7-16)21(18,19)15-11-12(2)14(20-4)10-13(15)3/h10-11H,5-9H2,1-4H3/p+1. The fourth-order valence-corrected chi connectivity index (χ4v) is 4.53. The molecule has 2 rings (SSSR count). The van der Waals surface area contributed by atoms with E-state index in [0.717, 1.165) is 36.5 Å². The van der Waals surface area contributed by atoms with Gasteiger partial charge in [-0.05, 0) is 44.0 Å². The van der Waals surface area contributed by atoms with Crippen molar-refractivity contribution in [2.45, 2.75) is 25.7 Å². The van der Waals surface area contributed by atoms with Crippen LogP contribution >= 0.6 is 0 Å². The molecule has 0 amide bonds. The highest BCUT2D eigenvalue weighted by Gasteiger charge is 2.31. The highest BCUT2D eigenvalue weighted by atomic mass is 32.2. The molecule has 0 unspecified atom stereocenters. The molecule has 6 heteroatoms. The van der Waals surface area contributed by atoms with Crippen molar-refractivity contribution in [3.63, 3.8) is 0 Å². The van der Waals surface area contributed by atoms with Crippen LogP contribution in [0.15, 0.2) is 17.0 Å². The van der Waals surface area contributed by atoms with Gasteiger partial charge in [0.25, 0.3) is 0 Å². The Bertz CT molecular complexity index is 606. The Labute approximate surface area is 127 Å². The van der Waals surface area contributed by atoms with Crippen molar-refractivity contribution in [3.05, 3.63) is 23.3 Å². The number of aryl methyl sites for hydroxylation is 2. The SMILES string of the molecule is CC[NH+]1CCN(S(=O)(=O)c2cc(C)c(OC)cc2C)CC1. The lowest BCUT2D eigenvalue weighted by Crippen LogP contribution is -3.14. The van der Waals surface area contributed by atoms with E-state index in [2.05, 4.69) is 6.92 Å². The molecular formula is C15H25N2O3S+. The number of sulfonamides is 1. The zero-order valence-electron chi connectivity index (χ0n) is 13.3. The van der Waals surface area contributed by atoms with Gasteiger partial charge in [0.2, 0.25) is 10.0 Å². The first-order chi connectivity index (χ1) is 9.90. The number of benzene rings is 1. The third-order valence-electron chi connectivity index (χ3n) is 4.24. The Kier molecular flexibility index (Phi) is 4.91. The number of rotatable bonds is 4. The largest absolute Gasteiger partial charge is 0.496 e. The zero-order valence-corrected chi connectivity index (χ0v) is 14.1. The van der Waals surface area contributed by atoms with Gasteiger partial charge >= 0.3 is 0 Å². The number of quaternary nitrogens is 1. The first-order valence-corrected chi connectivity index (χ1v) is 8.83. The van der Waals surface area contributed by atoms with E-state index in [1.807, 2.05) is 13.8 Å². The Morgan fingerprint density at radius 3 is 2.33 bits per heavy atom. The molecule has 0 radical (unpaired) electrons. The summed E-state index contributed by atoms with van der Waals surface area (Å²) < 4.78 is 32.5. The van der Waals surface area contributed by atoms with E-state index in [4.69, 9.17) is 4.74 Å². The van der Waals surface area contributed by atoms with Crippen LogP contribution in [0.1, 0.15) is 18.1 Å². The quantitative estimate of drug-likeness (QED) is 0.865. The number of nitrogens with zero attached hydrogens (tertiary/aromatic N) is 1. The summed E-state index contributed by atoms with van der Waals surface area (Å²) in [6.45, 7) is 9.82. The van der Waals surface area contributed by atoms with E-state index in [-0.39, 0.29) is 0 Å². The predicted molar refractivity (Wildman–Crippen MR) is 82.5 cm³/mol.